The van der Waals surface area contributed by atoms with Crippen LogP contribution in [-0.4, -0.2) is 28.5 Å². The number of nitrogens with one attached hydrogen (secondary N) is 1. The average molecular weight is 348 g/mol. The van der Waals surface area contributed by atoms with Gasteiger partial charge >= 0.3 is 0 Å². The summed E-state index contributed by atoms with van der Waals surface area (Å²) in [6.45, 7) is 5.11. The largest absolute Gasteiger partial charge is 0.356 e. The molecule has 26 heavy (non-hydrogen) atoms. The molecular formula is C21H24N4O. The van der Waals surface area contributed by atoms with E-state index in [-0.39, 0.29) is 5.91 Å². The lowest BCUT2D eigenvalue weighted by molar-refractivity contribution is 0.102. The molecule has 3 heterocycles. The summed E-state index contributed by atoms with van der Waals surface area (Å²) in [5, 5.41) is 4.18. The van der Waals surface area contributed by atoms with Crippen LogP contribution in [0.3, 0.4) is 0 Å². The number of hydrogen-bond acceptors (Lipinski definition) is 3. The van der Waals surface area contributed by atoms with Crippen LogP contribution in [0.4, 0.5) is 11.5 Å². The maximum atomic E-state index is 12.9. The Morgan fingerprint density at radius 3 is 2.85 bits per heavy atom. The number of amides is 1. The molecule has 1 aliphatic rings. The van der Waals surface area contributed by atoms with Gasteiger partial charge in [0.05, 0.1) is 5.56 Å². The van der Waals surface area contributed by atoms with Crippen molar-refractivity contribution >= 4 is 28.3 Å². The number of rotatable bonds is 5. The normalized spacial score (nSPS) is 14.1. The second-order valence-corrected chi connectivity index (χ2v) is 6.81. The molecule has 134 valence electrons. The van der Waals surface area contributed by atoms with E-state index >= 15 is 0 Å². The summed E-state index contributed by atoms with van der Waals surface area (Å²) in [6.07, 6.45) is 7.27. The van der Waals surface area contributed by atoms with Gasteiger partial charge < -0.3 is 14.8 Å². The Bertz CT molecular complexity index is 925. The summed E-state index contributed by atoms with van der Waals surface area (Å²) in [7, 11) is 0. The Balaban J connectivity index is 1.58. The first-order valence-corrected chi connectivity index (χ1v) is 9.36. The van der Waals surface area contributed by atoms with E-state index < -0.39 is 0 Å². The fourth-order valence-corrected chi connectivity index (χ4v) is 3.67. The molecule has 5 nitrogen and oxygen atoms in total. The van der Waals surface area contributed by atoms with Crippen LogP contribution in [0.15, 0.2) is 48.8 Å². The minimum Gasteiger partial charge on any atom is -0.356 e. The number of aromatic nitrogens is 2. The summed E-state index contributed by atoms with van der Waals surface area (Å²) in [4.78, 5) is 19.5. The zero-order valence-corrected chi connectivity index (χ0v) is 15.1. The van der Waals surface area contributed by atoms with E-state index in [1.54, 1.807) is 6.20 Å². The van der Waals surface area contributed by atoms with Crippen LogP contribution in [0.5, 0.6) is 0 Å². The molecule has 1 amide bonds. The third-order valence-electron chi connectivity index (χ3n) is 4.93. The van der Waals surface area contributed by atoms with E-state index in [4.69, 9.17) is 0 Å². The first-order chi connectivity index (χ1) is 12.8. The zero-order valence-electron chi connectivity index (χ0n) is 15.1. The third kappa shape index (κ3) is 3.17. The number of anilines is 2. The highest BCUT2D eigenvalue weighted by atomic mass is 16.1. The lowest BCUT2D eigenvalue weighted by atomic mass is 10.2. The Morgan fingerprint density at radius 1 is 1.19 bits per heavy atom. The molecule has 5 heteroatoms. The van der Waals surface area contributed by atoms with Gasteiger partial charge in [-0.15, -0.1) is 0 Å². The van der Waals surface area contributed by atoms with Crippen molar-refractivity contribution in [2.45, 2.75) is 32.7 Å². The topological polar surface area (TPSA) is 50.2 Å². The van der Waals surface area contributed by atoms with Crippen LogP contribution >= 0.6 is 0 Å². The number of benzene rings is 1. The molecule has 3 aromatic rings. The van der Waals surface area contributed by atoms with Gasteiger partial charge in [0.1, 0.15) is 5.82 Å². The van der Waals surface area contributed by atoms with Crippen molar-refractivity contribution in [2.24, 2.45) is 0 Å². The quantitative estimate of drug-likeness (QED) is 0.748. The van der Waals surface area contributed by atoms with E-state index in [0.717, 1.165) is 55.8 Å². The maximum Gasteiger partial charge on any atom is 0.259 e. The minimum absolute atomic E-state index is 0.104. The molecule has 1 aliphatic heterocycles. The molecule has 1 saturated heterocycles. The van der Waals surface area contributed by atoms with Crippen LogP contribution < -0.4 is 10.2 Å². The van der Waals surface area contributed by atoms with Gasteiger partial charge in [0, 0.05) is 48.6 Å². The van der Waals surface area contributed by atoms with Crippen molar-refractivity contribution in [3.63, 3.8) is 0 Å². The Morgan fingerprint density at radius 2 is 2.04 bits per heavy atom. The Hall–Kier alpha value is -2.82. The SMILES string of the molecule is CCCn1ccc2cc(NC(=O)c3cccnc3N3CCCC3)ccc21. The number of pyridine rings is 1. The molecule has 0 unspecified atom stereocenters. The van der Waals surface area contributed by atoms with E-state index in [0.29, 0.717) is 5.56 Å². The molecule has 0 radical (unpaired) electrons. The van der Waals surface area contributed by atoms with Gasteiger partial charge in [0.2, 0.25) is 0 Å². The van der Waals surface area contributed by atoms with Crippen LogP contribution in [0.2, 0.25) is 0 Å². The van der Waals surface area contributed by atoms with E-state index in [2.05, 4.69) is 45.0 Å². The number of carbonyl (C=O) groups is 1. The van der Waals surface area contributed by atoms with Crippen LogP contribution in [0, 0.1) is 0 Å². The molecule has 0 spiro atoms. The number of fused-ring (bicyclic) bond motifs is 1. The molecule has 1 fully saturated rings. The van der Waals surface area contributed by atoms with E-state index in [1.807, 2.05) is 24.3 Å². The van der Waals surface area contributed by atoms with Gasteiger partial charge in [0.15, 0.2) is 0 Å². The minimum atomic E-state index is -0.104. The van der Waals surface area contributed by atoms with Crippen LogP contribution in [-0.2, 0) is 6.54 Å². The lowest BCUT2D eigenvalue weighted by Crippen LogP contribution is -2.24. The second-order valence-electron chi connectivity index (χ2n) is 6.81. The van der Waals surface area contributed by atoms with Crippen molar-refractivity contribution in [3.05, 3.63) is 54.4 Å². The summed E-state index contributed by atoms with van der Waals surface area (Å²) in [6, 6.07) is 11.9. The molecule has 4 rings (SSSR count). The van der Waals surface area contributed by atoms with Crippen LogP contribution in [0.25, 0.3) is 10.9 Å². The maximum absolute atomic E-state index is 12.9. The van der Waals surface area contributed by atoms with Crippen molar-refractivity contribution < 1.29 is 4.79 Å². The van der Waals surface area contributed by atoms with Crippen molar-refractivity contribution in [1.29, 1.82) is 0 Å². The molecule has 1 aromatic carbocycles. The molecule has 0 atom stereocenters. The molecule has 0 aliphatic carbocycles. The second kappa shape index (κ2) is 7.20. The fourth-order valence-electron chi connectivity index (χ4n) is 3.67. The smallest absolute Gasteiger partial charge is 0.259 e. The van der Waals surface area contributed by atoms with Crippen LogP contribution in [0.1, 0.15) is 36.5 Å². The highest BCUT2D eigenvalue weighted by Crippen LogP contribution is 2.25. The fraction of sp³-hybridized carbons (Fsp3) is 0.333. The number of aryl methyl sites for hydroxylation is 1. The van der Waals surface area contributed by atoms with Gasteiger partial charge in [0.25, 0.3) is 5.91 Å². The predicted molar refractivity (Wildman–Crippen MR) is 106 cm³/mol. The number of hydrogen-bond donors (Lipinski definition) is 1. The van der Waals surface area contributed by atoms with E-state index in [9.17, 15) is 4.79 Å². The highest BCUT2D eigenvalue weighted by molar-refractivity contribution is 6.08. The Kier molecular flexibility index (Phi) is 4.61. The third-order valence-corrected chi connectivity index (χ3v) is 4.93. The molecule has 2 aromatic heterocycles. The molecule has 1 N–H and O–H groups in total. The number of carbonyl (C=O) groups excluding carboxylic acids is 1. The average Bonchev–Trinajstić information content (AvgIpc) is 3.32. The van der Waals surface area contributed by atoms with Gasteiger partial charge in [-0.3, -0.25) is 4.79 Å². The summed E-state index contributed by atoms with van der Waals surface area (Å²) in [5.74, 6) is 0.685. The summed E-state index contributed by atoms with van der Waals surface area (Å²) in [5.41, 5.74) is 2.65. The van der Waals surface area contributed by atoms with Crippen molar-refractivity contribution in [3.8, 4) is 0 Å². The highest BCUT2D eigenvalue weighted by Gasteiger charge is 2.20. The first kappa shape index (κ1) is 16.6. The molecular weight excluding hydrogens is 324 g/mol. The van der Waals surface area contributed by atoms with Gasteiger partial charge in [-0.25, -0.2) is 4.98 Å². The van der Waals surface area contributed by atoms with Gasteiger partial charge in [-0.2, -0.15) is 0 Å². The van der Waals surface area contributed by atoms with Crippen molar-refractivity contribution in [1.82, 2.24) is 9.55 Å². The first-order valence-electron chi connectivity index (χ1n) is 9.36. The zero-order chi connectivity index (χ0) is 17.9. The molecule has 0 bridgehead atoms. The predicted octanol–water partition coefficient (Wildman–Crippen LogP) is 4.30. The lowest BCUT2D eigenvalue weighted by Gasteiger charge is -2.19. The van der Waals surface area contributed by atoms with Crippen molar-refractivity contribution in [2.75, 3.05) is 23.3 Å². The summed E-state index contributed by atoms with van der Waals surface area (Å²) < 4.78 is 2.24. The number of nitrogens with zero attached hydrogens (tertiary/aromatic N) is 3. The van der Waals surface area contributed by atoms with Gasteiger partial charge in [-0.05, 0) is 55.7 Å². The van der Waals surface area contributed by atoms with Gasteiger partial charge in [-0.1, -0.05) is 6.92 Å². The summed E-state index contributed by atoms with van der Waals surface area (Å²) >= 11 is 0. The Labute approximate surface area is 153 Å². The monoisotopic (exact) mass is 348 g/mol. The van der Waals surface area contributed by atoms with E-state index in [1.165, 1.54) is 5.52 Å². The molecule has 0 saturated carbocycles. The standard InChI is InChI=1S/C21H24N4O/c1-2-11-24-14-9-16-15-17(7-8-19(16)24)23-21(26)18-6-5-10-22-20(18)25-12-3-4-13-25/h5-10,14-15H,2-4,11-13H2,1H3,(H,23,26).